The fourth-order valence-electron chi connectivity index (χ4n) is 2.83. The second-order valence-electron chi connectivity index (χ2n) is 5.47. The Bertz CT molecular complexity index is 662. The van der Waals surface area contributed by atoms with E-state index in [9.17, 15) is 4.79 Å². The van der Waals surface area contributed by atoms with Gasteiger partial charge < -0.3 is 4.90 Å². The van der Waals surface area contributed by atoms with Crippen molar-refractivity contribution in [2.24, 2.45) is 0 Å². The van der Waals surface area contributed by atoms with Crippen LogP contribution in [-0.2, 0) is 19.5 Å². The molecule has 2 aromatic rings. The summed E-state index contributed by atoms with van der Waals surface area (Å²) in [7, 11) is 0. The van der Waals surface area contributed by atoms with Gasteiger partial charge in [0.25, 0.3) is 0 Å². The van der Waals surface area contributed by atoms with E-state index in [-0.39, 0.29) is 5.78 Å². The van der Waals surface area contributed by atoms with E-state index in [1.165, 1.54) is 11.3 Å². The van der Waals surface area contributed by atoms with E-state index in [4.69, 9.17) is 0 Å². The molecule has 0 unspecified atom stereocenters. The normalized spacial score (nSPS) is 13.5. The molecule has 1 aliphatic heterocycles. The maximum Gasteiger partial charge on any atom is 0.159 e. The van der Waals surface area contributed by atoms with Crippen LogP contribution in [0.1, 0.15) is 42.0 Å². The Morgan fingerprint density at radius 3 is 3.00 bits per heavy atom. The quantitative estimate of drug-likeness (QED) is 0.791. The Morgan fingerprint density at radius 2 is 2.24 bits per heavy atom. The van der Waals surface area contributed by atoms with Gasteiger partial charge >= 0.3 is 0 Å². The maximum absolute atomic E-state index is 11.5. The van der Waals surface area contributed by atoms with Crippen molar-refractivity contribution in [3.8, 4) is 0 Å². The van der Waals surface area contributed by atoms with E-state index in [0.717, 1.165) is 43.9 Å². The van der Waals surface area contributed by atoms with Gasteiger partial charge in [0.15, 0.2) is 5.78 Å². The van der Waals surface area contributed by atoms with E-state index >= 15 is 0 Å². The summed E-state index contributed by atoms with van der Waals surface area (Å²) >= 11 is 0. The molecule has 0 saturated carbocycles. The summed E-state index contributed by atoms with van der Waals surface area (Å²) in [6, 6.07) is 5.99. The molecule has 0 amide bonds. The summed E-state index contributed by atoms with van der Waals surface area (Å²) in [5, 5.41) is 4.28. The molecule has 110 valence electrons. The molecular formula is C16H20N4O. The van der Waals surface area contributed by atoms with Crippen molar-refractivity contribution in [3.63, 3.8) is 0 Å². The number of carbonyl (C=O) groups excluding carboxylic acids is 1. The molecule has 5 nitrogen and oxygen atoms in total. The van der Waals surface area contributed by atoms with Crippen molar-refractivity contribution in [1.82, 2.24) is 14.8 Å². The van der Waals surface area contributed by atoms with Crippen LogP contribution in [-0.4, -0.2) is 27.1 Å². The summed E-state index contributed by atoms with van der Waals surface area (Å²) < 4.78 is 1.97. The van der Waals surface area contributed by atoms with Crippen LogP contribution >= 0.6 is 0 Å². The van der Waals surface area contributed by atoms with Crippen molar-refractivity contribution in [1.29, 1.82) is 0 Å². The minimum Gasteiger partial charge on any atom is -0.363 e. The van der Waals surface area contributed by atoms with Gasteiger partial charge in [0, 0.05) is 24.3 Å². The molecule has 1 aromatic carbocycles. The summed E-state index contributed by atoms with van der Waals surface area (Å²) in [6.07, 6.45) is 3.66. The molecule has 2 heterocycles. The number of aromatic nitrogens is 3. The third-order valence-electron chi connectivity index (χ3n) is 3.94. The number of carbonyl (C=O) groups is 1. The van der Waals surface area contributed by atoms with E-state index in [1.807, 2.05) is 16.8 Å². The number of anilines is 1. The van der Waals surface area contributed by atoms with Gasteiger partial charge in [-0.3, -0.25) is 4.79 Å². The van der Waals surface area contributed by atoms with Crippen LogP contribution in [0, 0.1) is 0 Å². The summed E-state index contributed by atoms with van der Waals surface area (Å²) in [5.74, 6) is 1.12. The Hall–Kier alpha value is -2.17. The Morgan fingerprint density at radius 1 is 1.38 bits per heavy atom. The number of nitrogens with zero attached hydrogens (tertiary/aromatic N) is 4. The lowest BCUT2D eigenvalue weighted by atomic mass is 10.1. The smallest absolute Gasteiger partial charge is 0.159 e. The molecule has 3 rings (SSSR count). The highest BCUT2D eigenvalue weighted by atomic mass is 16.1. The molecule has 0 atom stereocenters. The second kappa shape index (κ2) is 5.68. The van der Waals surface area contributed by atoms with Gasteiger partial charge in [-0.15, -0.1) is 0 Å². The molecule has 0 saturated heterocycles. The lowest BCUT2D eigenvalue weighted by Crippen LogP contribution is -2.22. The minimum atomic E-state index is 0.124. The Labute approximate surface area is 124 Å². The molecule has 21 heavy (non-hydrogen) atoms. The van der Waals surface area contributed by atoms with Gasteiger partial charge in [-0.25, -0.2) is 9.67 Å². The number of rotatable bonds is 5. The molecule has 0 bridgehead atoms. The SMILES string of the molecule is CCCn1ncnc1CN1CCc2cc(C(C)=O)ccc21. The first-order chi connectivity index (χ1) is 10.2. The minimum absolute atomic E-state index is 0.124. The predicted octanol–water partition coefficient (Wildman–Crippen LogP) is 2.45. The van der Waals surface area contributed by atoms with Crippen molar-refractivity contribution < 1.29 is 4.79 Å². The van der Waals surface area contributed by atoms with Crippen LogP contribution in [0.25, 0.3) is 0 Å². The molecule has 5 heteroatoms. The largest absolute Gasteiger partial charge is 0.363 e. The molecule has 0 N–H and O–H groups in total. The first-order valence-corrected chi connectivity index (χ1v) is 7.44. The van der Waals surface area contributed by atoms with Crippen LogP contribution in [0.15, 0.2) is 24.5 Å². The number of Topliss-reactive ketones (excluding diaryl/α,β-unsaturated/α-hetero) is 1. The monoisotopic (exact) mass is 284 g/mol. The lowest BCUT2D eigenvalue weighted by Gasteiger charge is -2.19. The summed E-state index contributed by atoms with van der Waals surface area (Å²) in [5.41, 5.74) is 3.26. The molecular weight excluding hydrogens is 264 g/mol. The van der Waals surface area contributed by atoms with Crippen molar-refractivity contribution in [3.05, 3.63) is 41.5 Å². The predicted molar refractivity (Wildman–Crippen MR) is 81.5 cm³/mol. The Kier molecular flexibility index (Phi) is 3.73. The number of fused-ring (bicyclic) bond motifs is 1. The molecule has 0 radical (unpaired) electrons. The average Bonchev–Trinajstić information content (AvgIpc) is 3.07. The Balaban J connectivity index is 1.81. The van der Waals surface area contributed by atoms with Gasteiger partial charge in [0.2, 0.25) is 0 Å². The molecule has 0 fully saturated rings. The van der Waals surface area contributed by atoms with Crippen LogP contribution < -0.4 is 4.90 Å². The zero-order valence-corrected chi connectivity index (χ0v) is 12.5. The highest BCUT2D eigenvalue weighted by Gasteiger charge is 2.21. The molecule has 0 spiro atoms. The number of hydrogen-bond acceptors (Lipinski definition) is 4. The van der Waals surface area contributed by atoms with E-state index < -0.39 is 0 Å². The van der Waals surface area contributed by atoms with Crippen LogP contribution in [0.4, 0.5) is 5.69 Å². The van der Waals surface area contributed by atoms with Crippen molar-refractivity contribution in [2.75, 3.05) is 11.4 Å². The topological polar surface area (TPSA) is 51.0 Å². The van der Waals surface area contributed by atoms with Gasteiger partial charge in [-0.1, -0.05) is 6.92 Å². The standard InChI is InChI=1S/C16H20N4O/c1-3-7-20-16(17-11-18-20)10-19-8-6-14-9-13(12(2)21)4-5-15(14)19/h4-5,9,11H,3,6-8,10H2,1-2H3. The van der Waals surface area contributed by atoms with E-state index in [1.54, 1.807) is 13.3 Å². The summed E-state index contributed by atoms with van der Waals surface area (Å²) in [6.45, 7) is 6.39. The molecule has 1 aromatic heterocycles. The van der Waals surface area contributed by atoms with Gasteiger partial charge in [0.1, 0.15) is 12.2 Å². The fraction of sp³-hybridized carbons (Fsp3) is 0.438. The zero-order valence-electron chi connectivity index (χ0n) is 12.5. The van der Waals surface area contributed by atoms with Gasteiger partial charge in [-0.2, -0.15) is 5.10 Å². The van der Waals surface area contributed by atoms with Crippen molar-refractivity contribution >= 4 is 11.5 Å². The van der Waals surface area contributed by atoms with Crippen LogP contribution in [0.5, 0.6) is 0 Å². The number of hydrogen-bond donors (Lipinski definition) is 0. The molecule has 1 aliphatic rings. The fourth-order valence-corrected chi connectivity index (χ4v) is 2.83. The van der Waals surface area contributed by atoms with Gasteiger partial charge in [-0.05, 0) is 43.5 Å². The van der Waals surface area contributed by atoms with Crippen LogP contribution in [0.2, 0.25) is 0 Å². The number of benzene rings is 1. The second-order valence-corrected chi connectivity index (χ2v) is 5.47. The van der Waals surface area contributed by atoms with Crippen LogP contribution in [0.3, 0.4) is 0 Å². The third-order valence-corrected chi connectivity index (χ3v) is 3.94. The highest BCUT2D eigenvalue weighted by molar-refractivity contribution is 5.94. The highest BCUT2D eigenvalue weighted by Crippen LogP contribution is 2.30. The van der Waals surface area contributed by atoms with E-state index in [0.29, 0.717) is 0 Å². The first kappa shape index (κ1) is 13.8. The number of ketones is 1. The van der Waals surface area contributed by atoms with E-state index in [2.05, 4.69) is 28.0 Å². The maximum atomic E-state index is 11.5. The first-order valence-electron chi connectivity index (χ1n) is 7.44. The zero-order chi connectivity index (χ0) is 14.8. The molecule has 0 aliphatic carbocycles. The van der Waals surface area contributed by atoms with Gasteiger partial charge in [0.05, 0.1) is 6.54 Å². The van der Waals surface area contributed by atoms with Crippen molar-refractivity contribution in [2.45, 2.75) is 39.8 Å². The summed E-state index contributed by atoms with van der Waals surface area (Å²) in [4.78, 5) is 18.2. The average molecular weight is 284 g/mol. The number of aryl methyl sites for hydroxylation is 1. The lowest BCUT2D eigenvalue weighted by molar-refractivity contribution is 0.101. The third kappa shape index (κ3) is 2.68.